The highest BCUT2D eigenvalue weighted by molar-refractivity contribution is 5.58. The first kappa shape index (κ1) is 15.8. The van der Waals surface area contributed by atoms with Crippen molar-refractivity contribution in [3.8, 4) is 6.07 Å². The van der Waals surface area contributed by atoms with Gasteiger partial charge in [-0.3, -0.25) is 0 Å². The van der Waals surface area contributed by atoms with Crippen molar-refractivity contribution in [3.05, 3.63) is 29.3 Å². The minimum atomic E-state index is -0.507. The van der Waals surface area contributed by atoms with E-state index in [0.717, 1.165) is 49.6 Å². The summed E-state index contributed by atoms with van der Waals surface area (Å²) in [4.78, 5) is 4.56. The largest absolute Gasteiger partial charge is 0.389 e. The molecule has 0 amide bonds. The van der Waals surface area contributed by atoms with Gasteiger partial charge < -0.3 is 14.9 Å². The van der Waals surface area contributed by atoms with Crippen LogP contribution in [0.2, 0.25) is 0 Å². The molecule has 0 aromatic heterocycles. The predicted molar refractivity (Wildman–Crippen MR) is 85.3 cm³/mol. The molecule has 0 unspecified atom stereocenters. The number of benzene rings is 1. The van der Waals surface area contributed by atoms with Crippen molar-refractivity contribution in [3.63, 3.8) is 0 Å². The normalized spacial score (nSPS) is 17.8. The molecule has 0 saturated carbocycles. The summed E-state index contributed by atoms with van der Waals surface area (Å²) in [5, 5.41) is 19.0. The van der Waals surface area contributed by atoms with E-state index >= 15 is 0 Å². The first-order chi connectivity index (χ1) is 10.0. The SMILES string of the molecule is C[C@H](O)c1ccc(C#N)cc1N1CCC(CN(C)C)CC1. The Balaban J connectivity index is 2.14. The number of nitrogens with zero attached hydrogens (tertiary/aromatic N) is 3. The fraction of sp³-hybridized carbons (Fsp3) is 0.588. The molecular weight excluding hydrogens is 262 g/mol. The lowest BCUT2D eigenvalue weighted by molar-refractivity contribution is 0.199. The lowest BCUT2D eigenvalue weighted by atomic mass is 9.94. The van der Waals surface area contributed by atoms with Crippen LogP contribution in [0.3, 0.4) is 0 Å². The Bertz CT molecular complexity index is 511. The van der Waals surface area contributed by atoms with Gasteiger partial charge in [-0.2, -0.15) is 5.26 Å². The Morgan fingerprint density at radius 3 is 2.57 bits per heavy atom. The van der Waals surface area contributed by atoms with E-state index in [1.807, 2.05) is 12.1 Å². The van der Waals surface area contributed by atoms with Gasteiger partial charge in [0.1, 0.15) is 0 Å². The molecule has 1 N–H and O–H groups in total. The van der Waals surface area contributed by atoms with Gasteiger partial charge in [-0.15, -0.1) is 0 Å². The summed E-state index contributed by atoms with van der Waals surface area (Å²) in [6, 6.07) is 7.77. The molecule has 0 bridgehead atoms. The zero-order chi connectivity index (χ0) is 15.4. The van der Waals surface area contributed by atoms with E-state index in [1.165, 1.54) is 0 Å². The van der Waals surface area contributed by atoms with Crippen LogP contribution in [0.4, 0.5) is 5.69 Å². The van der Waals surface area contributed by atoms with Crippen LogP contribution in [0.25, 0.3) is 0 Å². The Kier molecular flexibility index (Phi) is 5.22. The quantitative estimate of drug-likeness (QED) is 0.924. The van der Waals surface area contributed by atoms with Gasteiger partial charge in [-0.05, 0) is 51.9 Å². The van der Waals surface area contributed by atoms with Crippen LogP contribution in [0.5, 0.6) is 0 Å². The summed E-state index contributed by atoms with van der Waals surface area (Å²) in [7, 11) is 4.24. The van der Waals surface area contributed by atoms with E-state index in [1.54, 1.807) is 13.0 Å². The summed E-state index contributed by atoms with van der Waals surface area (Å²) >= 11 is 0. The molecule has 1 aromatic carbocycles. The molecule has 0 radical (unpaired) electrons. The maximum Gasteiger partial charge on any atom is 0.0992 e. The van der Waals surface area contributed by atoms with Gasteiger partial charge >= 0.3 is 0 Å². The Morgan fingerprint density at radius 2 is 2.05 bits per heavy atom. The maximum absolute atomic E-state index is 9.95. The summed E-state index contributed by atoms with van der Waals surface area (Å²) < 4.78 is 0. The number of aliphatic hydroxyl groups is 1. The molecule has 4 heteroatoms. The Labute approximate surface area is 127 Å². The van der Waals surface area contributed by atoms with Crippen molar-refractivity contribution >= 4 is 5.69 Å². The van der Waals surface area contributed by atoms with Crippen LogP contribution in [0.15, 0.2) is 18.2 Å². The molecule has 2 rings (SSSR count). The first-order valence-corrected chi connectivity index (χ1v) is 7.63. The van der Waals surface area contributed by atoms with Gasteiger partial charge in [0.05, 0.1) is 17.7 Å². The molecule has 1 atom stereocenters. The average molecular weight is 287 g/mol. The zero-order valence-electron chi connectivity index (χ0n) is 13.2. The van der Waals surface area contributed by atoms with Gasteiger partial charge in [-0.1, -0.05) is 6.07 Å². The third-order valence-electron chi connectivity index (χ3n) is 4.19. The lowest BCUT2D eigenvalue weighted by Crippen LogP contribution is -2.37. The zero-order valence-corrected chi connectivity index (χ0v) is 13.2. The van der Waals surface area contributed by atoms with E-state index in [9.17, 15) is 5.11 Å². The van der Waals surface area contributed by atoms with Crippen LogP contribution in [-0.4, -0.2) is 43.7 Å². The van der Waals surface area contributed by atoms with Gasteiger partial charge in [0, 0.05) is 30.9 Å². The second-order valence-corrected chi connectivity index (χ2v) is 6.25. The predicted octanol–water partition coefficient (Wildman–Crippen LogP) is 2.39. The second kappa shape index (κ2) is 6.93. The fourth-order valence-corrected chi connectivity index (χ4v) is 3.11. The van der Waals surface area contributed by atoms with Crippen LogP contribution < -0.4 is 4.90 Å². The van der Waals surface area contributed by atoms with Crippen molar-refractivity contribution in [1.82, 2.24) is 4.90 Å². The molecule has 114 valence electrons. The summed E-state index contributed by atoms with van der Waals surface area (Å²) in [5.74, 6) is 0.741. The molecule has 0 spiro atoms. The van der Waals surface area contributed by atoms with Gasteiger partial charge in [0.25, 0.3) is 0 Å². The van der Waals surface area contributed by atoms with Crippen molar-refractivity contribution in [1.29, 1.82) is 5.26 Å². The molecule has 4 nitrogen and oxygen atoms in total. The third kappa shape index (κ3) is 3.96. The smallest absolute Gasteiger partial charge is 0.0992 e. The molecule has 1 aliphatic heterocycles. The van der Waals surface area contributed by atoms with Crippen molar-refractivity contribution in [2.75, 3.05) is 38.6 Å². The van der Waals surface area contributed by atoms with E-state index in [2.05, 4.69) is 30.0 Å². The average Bonchev–Trinajstić information content (AvgIpc) is 2.46. The number of anilines is 1. The topological polar surface area (TPSA) is 50.5 Å². The Hall–Kier alpha value is -1.57. The number of hydrogen-bond acceptors (Lipinski definition) is 4. The third-order valence-corrected chi connectivity index (χ3v) is 4.19. The monoisotopic (exact) mass is 287 g/mol. The van der Waals surface area contributed by atoms with E-state index in [0.29, 0.717) is 5.56 Å². The maximum atomic E-state index is 9.95. The highest BCUT2D eigenvalue weighted by atomic mass is 16.3. The standard InChI is InChI=1S/C17H25N3O/c1-13(21)16-5-4-15(11-18)10-17(16)20-8-6-14(7-9-20)12-19(2)3/h4-5,10,13-14,21H,6-9,12H2,1-3H3/t13-/m0/s1. The van der Waals surface area contributed by atoms with Gasteiger partial charge in [0.2, 0.25) is 0 Å². The molecule has 21 heavy (non-hydrogen) atoms. The molecule has 1 aliphatic rings. The number of piperidine rings is 1. The first-order valence-electron chi connectivity index (χ1n) is 7.63. The Morgan fingerprint density at radius 1 is 1.38 bits per heavy atom. The number of aliphatic hydroxyl groups excluding tert-OH is 1. The van der Waals surface area contributed by atoms with Crippen LogP contribution in [0, 0.1) is 17.2 Å². The van der Waals surface area contributed by atoms with Crippen LogP contribution >= 0.6 is 0 Å². The summed E-state index contributed by atoms with van der Waals surface area (Å²) in [6.45, 7) is 4.90. The second-order valence-electron chi connectivity index (χ2n) is 6.25. The van der Waals surface area contributed by atoms with Crippen LogP contribution in [0.1, 0.15) is 37.0 Å². The highest BCUT2D eigenvalue weighted by Gasteiger charge is 2.22. The van der Waals surface area contributed by atoms with Crippen LogP contribution in [-0.2, 0) is 0 Å². The number of nitriles is 1. The van der Waals surface area contributed by atoms with Gasteiger partial charge in [-0.25, -0.2) is 0 Å². The van der Waals surface area contributed by atoms with E-state index in [-0.39, 0.29) is 0 Å². The van der Waals surface area contributed by atoms with E-state index in [4.69, 9.17) is 5.26 Å². The highest BCUT2D eigenvalue weighted by Crippen LogP contribution is 2.31. The molecule has 1 aromatic rings. The number of rotatable bonds is 4. The minimum Gasteiger partial charge on any atom is -0.389 e. The van der Waals surface area contributed by atoms with Gasteiger partial charge in [0.15, 0.2) is 0 Å². The van der Waals surface area contributed by atoms with Crippen molar-refractivity contribution in [2.45, 2.75) is 25.9 Å². The summed E-state index contributed by atoms with van der Waals surface area (Å²) in [5.41, 5.74) is 2.59. The fourth-order valence-electron chi connectivity index (χ4n) is 3.11. The van der Waals surface area contributed by atoms with E-state index < -0.39 is 6.10 Å². The number of hydrogen-bond donors (Lipinski definition) is 1. The molecule has 1 heterocycles. The molecule has 0 aliphatic carbocycles. The summed E-state index contributed by atoms with van der Waals surface area (Å²) in [6.07, 6.45) is 1.81. The molecule has 1 fully saturated rings. The lowest BCUT2D eigenvalue weighted by Gasteiger charge is -2.36. The minimum absolute atomic E-state index is 0.507. The molecular formula is C17H25N3O. The van der Waals surface area contributed by atoms with Crippen molar-refractivity contribution < 1.29 is 5.11 Å². The molecule has 1 saturated heterocycles. The van der Waals surface area contributed by atoms with Crippen molar-refractivity contribution in [2.24, 2.45) is 5.92 Å².